The average Bonchev–Trinajstić information content (AvgIpc) is 2.79. The largest absolute Gasteiger partial charge is 0.371 e. The van der Waals surface area contributed by atoms with Gasteiger partial charge in [0.05, 0.1) is 11.5 Å². The van der Waals surface area contributed by atoms with Crippen LogP contribution in [0.2, 0.25) is 0 Å². The van der Waals surface area contributed by atoms with Crippen LogP contribution in [0, 0.1) is 0 Å². The first-order chi connectivity index (χ1) is 15.3. The fraction of sp³-hybridized carbons (Fsp3) is 0.364. The molecule has 0 bridgehead atoms. The summed E-state index contributed by atoms with van der Waals surface area (Å²) < 4.78 is 39.8. The number of anilines is 2. The van der Waals surface area contributed by atoms with E-state index in [1.807, 2.05) is 23.6 Å². The zero-order chi connectivity index (χ0) is 23.7. The SMILES string of the molecule is CCN(CCS(=O)O)c1ccc(C(=O)C(=O)c2ccc(N(CC)CCS(=O)O)cc2)cc1. The summed E-state index contributed by atoms with van der Waals surface area (Å²) in [7, 11) is 0. The van der Waals surface area contributed by atoms with E-state index in [0.717, 1.165) is 11.4 Å². The highest BCUT2D eigenvalue weighted by Crippen LogP contribution is 2.19. The van der Waals surface area contributed by atoms with Gasteiger partial charge in [0.15, 0.2) is 22.2 Å². The minimum absolute atomic E-state index is 0.121. The van der Waals surface area contributed by atoms with Crippen molar-refractivity contribution >= 4 is 45.1 Å². The first-order valence-electron chi connectivity index (χ1n) is 10.2. The predicted octanol–water partition coefficient (Wildman–Crippen LogP) is 2.85. The number of benzene rings is 2. The standard InChI is InChI=1S/C22H28N2O6S2/c1-3-23(13-15-31(27)28)19-9-5-17(6-10-19)21(25)22(26)18-7-11-20(12-8-18)24(4-2)14-16-32(29)30/h5-12H,3-4,13-16H2,1-2H3,(H,27,28)(H,29,30). The first kappa shape index (κ1) is 25.9. The third-order valence-corrected chi connectivity index (χ3v) is 6.09. The van der Waals surface area contributed by atoms with E-state index in [9.17, 15) is 18.0 Å². The molecule has 32 heavy (non-hydrogen) atoms. The summed E-state index contributed by atoms with van der Waals surface area (Å²) in [6, 6.07) is 13.2. The van der Waals surface area contributed by atoms with Crippen LogP contribution in [0.1, 0.15) is 34.6 Å². The van der Waals surface area contributed by atoms with Crippen LogP contribution in [0.3, 0.4) is 0 Å². The topological polar surface area (TPSA) is 115 Å². The van der Waals surface area contributed by atoms with Crippen LogP contribution in [0.15, 0.2) is 48.5 Å². The Balaban J connectivity index is 2.08. The first-order valence-corrected chi connectivity index (χ1v) is 12.8. The molecule has 0 aliphatic heterocycles. The predicted molar refractivity (Wildman–Crippen MR) is 129 cm³/mol. The van der Waals surface area contributed by atoms with Gasteiger partial charge in [0.2, 0.25) is 11.6 Å². The van der Waals surface area contributed by atoms with Crippen LogP contribution < -0.4 is 9.80 Å². The number of Topliss-reactive ketones (excluding diaryl/α,β-unsaturated/α-hetero) is 2. The summed E-state index contributed by atoms with van der Waals surface area (Å²) in [4.78, 5) is 29.1. The quantitative estimate of drug-likeness (QED) is 0.255. The van der Waals surface area contributed by atoms with Crippen LogP contribution in [0.5, 0.6) is 0 Å². The molecule has 174 valence electrons. The van der Waals surface area contributed by atoms with E-state index in [0.29, 0.717) is 26.2 Å². The zero-order valence-corrected chi connectivity index (χ0v) is 19.7. The van der Waals surface area contributed by atoms with Gasteiger partial charge in [0.25, 0.3) is 0 Å². The smallest absolute Gasteiger partial charge is 0.233 e. The summed E-state index contributed by atoms with van der Waals surface area (Å²) in [6.45, 7) is 5.94. The van der Waals surface area contributed by atoms with Crippen LogP contribution in [-0.4, -0.2) is 66.8 Å². The molecule has 0 aromatic heterocycles. The summed E-state index contributed by atoms with van der Waals surface area (Å²) in [5.74, 6) is -0.995. The molecule has 2 unspecified atom stereocenters. The lowest BCUT2D eigenvalue weighted by Gasteiger charge is -2.22. The Morgan fingerprint density at radius 1 is 0.688 bits per heavy atom. The molecule has 8 nitrogen and oxygen atoms in total. The highest BCUT2D eigenvalue weighted by molar-refractivity contribution is 7.79. The Labute approximate surface area is 193 Å². The molecular formula is C22H28N2O6S2. The molecule has 0 fully saturated rings. The Bertz CT molecular complexity index is 884. The molecular weight excluding hydrogens is 452 g/mol. The van der Waals surface area contributed by atoms with Crippen LogP contribution in [0.4, 0.5) is 11.4 Å². The van der Waals surface area contributed by atoms with Crippen molar-refractivity contribution in [2.45, 2.75) is 13.8 Å². The summed E-state index contributed by atoms with van der Waals surface area (Å²) >= 11 is -3.76. The lowest BCUT2D eigenvalue weighted by molar-refractivity contribution is 0.0817. The normalized spacial score (nSPS) is 12.8. The highest BCUT2D eigenvalue weighted by Gasteiger charge is 2.19. The molecule has 0 spiro atoms. The average molecular weight is 481 g/mol. The second kappa shape index (κ2) is 12.6. The minimum atomic E-state index is -1.88. The molecule has 0 radical (unpaired) electrons. The molecule has 2 aromatic rings. The molecule has 0 saturated carbocycles. The summed E-state index contributed by atoms with van der Waals surface area (Å²) in [5.41, 5.74) is 2.14. The Kier molecular flexibility index (Phi) is 10.2. The van der Waals surface area contributed by atoms with E-state index in [-0.39, 0.29) is 22.6 Å². The number of hydrogen-bond acceptors (Lipinski definition) is 6. The van der Waals surface area contributed by atoms with Crippen molar-refractivity contribution in [1.82, 2.24) is 0 Å². The Hall–Kier alpha value is -2.40. The van der Waals surface area contributed by atoms with Crippen molar-refractivity contribution in [2.24, 2.45) is 0 Å². The highest BCUT2D eigenvalue weighted by atomic mass is 32.2. The van der Waals surface area contributed by atoms with E-state index in [1.54, 1.807) is 48.5 Å². The zero-order valence-electron chi connectivity index (χ0n) is 18.1. The number of carbonyl (C=O) groups is 2. The van der Waals surface area contributed by atoms with Crippen molar-refractivity contribution < 1.29 is 27.1 Å². The Morgan fingerprint density at radius 3 is 1.25 bits per heavy atom. The maximum Gasteiger partial charge on any atom is 0.233 e. The molecule has 0 heterocycles. The van der Waals surface area contributed by atoms with Crippen molar-refractivity contribution in [2.75, 3.05) is 47.5 Å². The van der Waals surface area contributed by atoms with Crippen molar-refractivity contribution in [3.8, 4) is 0 Å². The van der Waals surface area contributed by atoms with Gasteiger partial charge in [-0.15, -0.1) is 0 Å². The van der Waals surface area contributed by atoms with Crippen molar-refractivity contribution in [3.63, 3.8) is 0 Å². The van der Waals surface area contributed by atoms with E-state index >= 15 is 0 Å². The fourth-order valence-corrected chi connectivity index (χ4v) is 3.98. The monoisotopic (exact) mass is 480 g/mol. The van der Waals surface area contributed by atoms with Gasteiger partial charge in [-0.1, -0.05) is 0 Å². The minimum Gasteiger partial charge on any atom is -0.371 e. The molecule has 0 amide bonds. The second-order valence-electron chi connectivity index (χ2n) is 6.96. The number of rotatable bonds is 13. The van der Waals surface area contributed by atoms with E-state index < -0.39 is 33.7 Å². The maximum atomic E-state index is 12.7. The molecule has 2 rings (SSSR count). The lowest BCUT2D eigenvalue weighted by atomic mass is 10.0. The van der Waals surface area contributed by atoms with Crippen LogP contribution >= 0.6 is 0 Å². The number of carbonyl (C=O) groups excluding carboxylic acids is 2. The molecule has 0 aliphatic carbocycles. The number of ketones is 2. The third-order valence-electron chi connectivity index (χ3n) is 5.03. The van der Waals surface area contributed by atoms with Crippen molar-refractivity contribution in [3.05, 3.63) is 59.7 Å². The number of hydrogen-bond donors (Lipinski definition) is 2. The molecule has 2 aromatic carbocycles. The Morgan fingerprint density at radius 2 is 1.00 bits per heavy atom. The third kappa shape index (κ3) is 7.33. The van der Waals surface area contributed by atoms with Gasteiger partial charge in [-0.05, 0) is 62.4 Å². The van der Waals surface area contributed by atoms with Gasteiger partial charge in [-0.3, -0.25) is 9.59 Å². The van der Waals surface area contributed by atoms with Gasteiger partial charge in [0, 0.05) is 48.7 Å². The summed E-state index contributed by atoms with van der Waals surface area (Å²) in [5, 5.41) is 0. The molecule has 2 atom stereocenters. The number of nitrogens with zero attached hydrogens (tertiary/aromatic N) is 2. The van der Waals surface area contributed by atoms with Crippen molar-refractivity contribution in [1.29, 1.82) is 0 Å². The van der Waals surface area contributed by atoms with Crippen LogP contribution in [-0.2, 0) is 22.2 Å². The van der Waals surface area contributed by atoms with E-state index in [4.69, 9.17) is 9.11 Å². The maximum absolute atomic E-state index is 12.7. The molecule has 0 saturated heterocycles. The van der Waals surface area contributed by atoms with Gasteiger partial charge < -0.3 is 18.9 Å². The van der Waals surface area contributed by atoms with Gasteiger partial charge >= 0.3 is 0 Å². The van der Waals surface area contributed by atoms with Crippen LogP contribution in [0.25, 0.3) is 0 Å². The van der Waals surface area contributed by atoms with E-state index in [1.165, 1.54) is 0 Å². The van der Waals surface area contributed by atoms with Gasteiger partial charge in [-0.2, -0.15) is 0 Å². The summed E-state index contributed by atoms with van der Waals surface area (Å²) in [6.07, 6.45) is 0. The fourth-order valence-electron chi connectivity index (χ4n) is 3.23. The molecule has 2 N–H and O–H groups in total. The van der Waals surface area contributed by atoms with Gasteiger partial charge in [-0.25, -0.2) is 8.42 Å². The molecule has 0 aliphatic rings. The second-order valence-corrected chi connectivity index (χ2v) is 9.06. The lowest BCUT2D eigenvalue weighted by Crippen LogP contribution is -2.27. The van der Waals surface area contributed by atoms with Gasteiger partial charge in [0.1, 0.15) is 0 Å². The molecule has 10 heteroatoms. The van der Waals surface area contributed by atoms with E-state index in [2.05, 4.69) is 0 Å².